The van der Waals surface area contributed by atoms with E-state index in [1.54, 1.807) is 23.7 Å². The maximum Gasteiger partial charge on any atom is 0.246 e. The molecule has 7 rings (SSSR count). The maximum absolute atomic E-state index is 14.0. The summed E-state index contributed by atoms with van der Waals surface area (Å²) >= 11 is 1.57. The fourth-order valence-corrected chi connectivity index (χ4v) is 8.72. The number of carbonyl (C=O) groups is 3. The zero-order chi connectivity index (χ0) is 43.8. The summed E-state index contributed by atoms with van der Waals surface area (Å²) in [5.74, 6) is -1.28. The van der Waals surface area contributed by atoms with Gasteiger partial charge >= 0.3 is 0 Å². The second kappa shape index (κ2) is 19.9. The SMILES string of the molecule is Cc1ncsc1-c1ccc(CNC(=O)[C@@H]2C[C@@H](O)CN2C(=O)[C@@H](NC(=O)COCCOCCCn2cc(-c3ccc4c(c3)CC/C4=N\O)c(-c3ccncc3)n2)C(C)(C)C)cc1. The number of benzene rings is 2. The largest absolute Gasteiger partial charge is 0.411 e. The molecule has 62 heavy (non-hydrogen) atoms. The van der Waals surface area contributed by atoms with Crippen molar-refractivity contribution in [2.24, 2.45) is 10.6 Å². The summed E-state index contributed by atoms with van der Waals surface area (Å²) in [5.41, 5.74) is 10.7. The molecule has 4 N–H and O–H groups in total. The molecule has 1 aliphatic carbocycles. The third-order valence-corrected chi connectivity index (χ3v) is 12.2. The molecule has 0 radical (unpaired) electrons. The van der Waals surface area contributed by atoms with E-state index in [9.17, 15) is 24.7 Å². The van der Waals surface area contributed by atoms with Gasteiger partial charge in [-0.3, -0.25) is 24.0 Å². The zero-order valence-corrected chi connectivity index (χ0v) is 36.4. The molecule has 326 valence electrons. The number of hydrogen-bond donors (Lipinski definition) is 4. The lowest BCUT2D eigenvalue weighted by atomic mass is 9.85. The van der Waals surface area contributed by atoms with Crippen LogP contribution in [-0.2, 0) is 43.4 Å². The molecular weight excluding hydrogens is 809 g/mol. The Hall–Kier alpha value is -5.81. The molecule has 3 atom stereocenters. The highest BCUT2D eigenvalue weighted by Gasteiger charge is 2.44. The summed E-state index contributed by atoms with van der Waals surface area (Å²) in [6.07, 6.45) is 7.00. The lowest BCUT2D eigenvalue weighted by Crippen LogP contribution is -2.58. The standard InChI is InChI=1S/C46H54N8O7S/c1-29-42(62-28-49-29)32-8-6-30(7-9-32)24-48-44(57)39-23-35(55)25-54(39)45(58)43(46(2,3)4)50-40(56)27-61-21-20-60-19-5-18-53-26-37(41(51-53)31-14-16-47-17-15-31)34-10-12-36-33(22-34)11-13-38(36)52-59/h6-10,12,14-17,22,26,28,35,39,43,55,59H,5,11,13,18-21,23-25,27H2,1-4H3,(H,48,57)(H,50,56)/b52-38+/t35-,39+,43-/m1/s1. The first-order valence-corrected chi connectivity index (χ1v) is 21.8. The lowest BCUT2D eigenvalue weighted by Gasteiger charge is -2.35. The Balaban J connectivity index is 0.853. The van der Waals surface area contributed by atoms with Gasteiger partial charge in [-0.15, -0.1) is 11.3 Å². The van der Waals surface area contributed by atoms with Crippen LogP contribution in [0.5, 0.6) is 0 Å². The average Bonchev–Trinajstić information content (AvgIpc) is 4.08. The topological polar surface area (TPSA) is 193 Å². The second-order valence-electron chi connectivity index (χ2n) is 16.8. The number of aliphatic hydroxyl groups is 1. The van der Waals surface area contributed by atoms with Gasteiger partial charge in [0.15, 0.2) is 0 Å². The van der Waals surface area contributed by atoms with Gasteiger partial charge in [-0.1, -0.05) is 68.4 Å². The molecule has 16 heteroatoms. The second-order valence-corrected chi connectivity index (χ2v) is 17.6. The number of likely N-dealkylation sites (tertiary alicyclic amines) is 1. The van der Waals surface area contributed by atoms with Crippen LogP contribution < -0.4 is 10.6 Å². The van der Waals surface area contributed by atoms with Crippen molar-refractivity contribution in [3.8, 4) is 32.8 Å². The van der Waals surface area contributed by atoms with Crippen LogP contribution in [0.2, 0.25) is 0 Å². The molecule has 3 aromatic heterocycles. The number of β-amino-alcohol motifs (C(OH)–C–C–N with tert-alkyl or cyclic N) is 1. The number of nitrogens with one attached hydrogen (secondary N) is 2. The fraction of sp³-hybridized carbons (Fsp3) is 0.413. The zero-order valence-electron chi connectivity index (χ0n) is 35.5. The van der Waals surface area contributed by atoms with Crippen molar-refractivity contribution in [3.05, 3.63) is 101 Å². The molecule has 1 aliphatic heterocycles. The molecule has 2 aliphatic rings. The van der Waals surface area contributed by atoms with Crippen LogP contribution in [0.1, 0.15) is 62.4 Å². The van der Waals surface area contributed by atoms with Crippen LogP contribution in [-0.4, -0.2) is 110 Å². The van der Waals surface area contributed by atoms with Crippen molar-refractivity contribution in [1.29, 1.82) is 0 Å². The number of rotatable bonds is 17. The number of hydrogen-bond acceptors (Lipinski definition) is 12. The number of oxime groups is 1. The molecule has 2 aromatic carbocycles. The molecule has 5 aromatic rings. The number of thiazole rings is 1. The Bertz CT molecular complexity index is 2370. The molecule has 0 saturated carbocycles. The van der Waals surface area contributed by atoms with Crippen LogP contribution in [0.25, 0.3) is 32.8 Å². The lowest BCUT2D eigenvalue weighted by molar-refractivity contribution is -0.144. The van der Waals surface area contributed by atoms with Crippen molar-refractivity contribution < 1.29 is 34.2 Å². The van der Waals surface area contributed by atoms with Gasteiger partial charge in [0.25, 0.3) is 0 Å². The Morgan fingerprint density at radius 1 is 0.968 bits per heavy atom. The van der Waals surface area contributed by atoms with E-state index in [2.05, 4.69) is 31.8 Å². The van der Waals surface area contributed by atoms with Crippen molar-refractivity contribution in [2.45, 2.75) is 84.7 Å². The van der Waals surface area contributed by atoms with E-state index in [4.69, 9.17) is 14.6 Å². The van der Waals surface area contributed by atoms with E-state index in [-0.39, 0.29) is 45.2 Å². The molecule has 1 fully saturated rings. The van der Waals surface area contributed by atoms with Crippen LogP contribution in [0.3, 0.4) is 0 Å². The Labute approximate surface area is 365 Å². The van der Waals surface area contributed by atoms with Crippen LogP contribution in [0, 0.1) is 12.3 Å². The maximum atomic E-state index is 14.0. The van der Waals surface area contributed by atoms with Crippen molar-refractivity contribution in [2.75, 3.05) is 33.0 Å². The van der Waals surface area contributed by atoms with Crippen molar-refractivity contribution in [3.63, 3.8) is 0 Å². The summed E-state index contributed by atoms with van der Waals surface area (Å²) in [6.45, 7) is 8.97. The number of fused-ring (bicyclic) bond motifs is 1. The summed E-state index contributed by atoms with van der Waals surface area (Å²) in [4.78, 5) is 51.4. The highest BCUT2D eigenvalue weighted by atomic mass is 32.1. The fourth-order valence-electron chi connectivity index (χ4n) is 7.91. The van der Waals surface area contributed by atoms with E-state index in [1.165, 1.54) is 4.90 Å². The van der Waals surface area contributed by atoms with Gasteiger partial charge in [0.1, 0.15) is 24.4 Å². The van der Waals surface area contributed by atoms with Gasteiger partial charge in [-0.25, -0.2) is 4.98 Å². The molecule has 0 spiro atoms. The molecule has 1 saturated heterocycles. The summed E-state index contributed by atoms with van der Waals surface area (Å²) in [6, 6.07) is 16.1. The summed E-state index contributed by atoms with van der Waals surface area (Å²) in [5, 5.41) is 34.1. The number of pyridine rings is 1. The monoisotopic (exact) mass is 862 g/mol. The van der Waals surface area contributed by atoms with Gasteiger partial charge in [0, 0.05) is 67.9 Å². The molecule has 15 nitrogen and oxygen atoms in total. The predicted octanol–water partition coefficient (Wildman–Crippen LogP) is 5.40. The van der Waals surface area contributed by atoms with Crippen LogP contribution in [0.4, 0.5) is 0 Å². The summed E-state index contributed by atoms with van der Waals surface area (Å²) < 4.78 is 13.3. The van der Waals surface area contributed by atoms with E-state index < -0.39 is 35.4 Å². The number of nitrogens with zero attached hydrogens (tertiary/aromatic N) is 6. The Morgan fingerprint density at radius 2 is 1.73 bits per heavy atom. The smallest absolute Gasteiger partial charge is 0.246 e. The molecule has 0 bridgehead atoms. The number of ether oxygens (including phenoxy) is 2. The molecule has 4 heterocycles. The van der Waals surface area contributed by atoms with Gasteiger partial charge in [0.05, 0.1) is 41.1 Å². The van der Waals surface area contributed by atoms with E-state index >= 15 is 0 Å². The number of aromatic nitrogens is 4. The van der Waals surface area contributed by atoms with E-state index in [1.807, 2.05) is 92.6 Å². The van der Waals surface area contributed by atoms with Gasteiger partial charge in [0.2, 0.25) is 17.7 Å². The van der Waals surface area contributed by atoms with Gasteiger partial charge < -0.3 is 35.3 Å². The molecule has 3 amide bonds. The van der Waals surface area contributed by atoms with E-state index in [0.717, 1.165) is 61.6 Å². The predicted molar refractivity (Wildman–Crippen MR) is 235 cm³/mol. The van der Waals surface area contributed by atoms with Gasteiger partial charge in [-0.05, 0) is 66.0 Å². The van der Waals surface area contributed by atoms with E-state index in [0.29, 0.717) is 31.7 Å². The van der Waals surface area contributed by atoms with Crippen molar-refractivity contribution in [1.82, 2.24) is 35.3 Å². The van der Waals surface area contributed by atoms with Crippen molar-refractivity contribution >= 4 is 34.8 Å². The average molecular weight is 863 g/mol. The van der Waals surface area contributed by atoms with Crippen LogP contribution >= 0.6 is 11.3 Å². The first-order valence-electron chi connectivity index (χ1n) is 20.9. The minimum Gasteiger partial charge on any atom is -0.411 e. The third kappa shape index (κ3) is 10.6. The number of aryl methyl sites for hydroxylation is 3. The molecule has 0 unspecified atom stereocenters. The Kier molecular flexibility index (Phi) is 14.2. The first kappa shape index (κ1) is 44.3. The van der Waals surface area contributed by atoms with Gasteiger partial charge in [-0.2, -0.15) is 5.10 Å². The Morgan fingerprint density at radius 3 is 2.45 bits per heavy atom. The number of carbonyl (C=O) groups excluding carboxylic acids is 3. The minimum atomic E-state index is -0.962. The van der Waals surface area contributed by atoms with Crippen LogP contribution in [0.15, 0.2) is 83.9 Å². The number of amides is 3. The minimum absolute atomic E-state index is 0.0128. The third-order valence-electron chi connectivity index (χ3n) is 11.2. The highest BCUT2D eigenvalue weighted by Crippen LogP contribution is 2.35. The first-order chi connectivity index (χ1) is 29.9. The quantitative estimate of drug-likeness (QED) is 0.0535. The molecular formula is C46H54N8O7S. The highest BCUT2D eigenvalue weighted by molar-refractivity contribution is 7.13. The summed E-state index contributed by atoms with van der Waals surface area (Å²) in [7, 11) is 0. The normalized spacial score (nSPS) is 17.3. The number of aliphatic hydroxyl groups excluding tert-OH is 1.